The van der Waals surface area contributed by atoms with E-state index in [0.29, 0.717) is 29.5 Å². The Morgan fingerprint density at radius 2 is 1.87 bits per heavy atom. The molecule has 2 atom stereocenters. The standard InChI is InChI=1S/C32H28F4N4O5/c1-16-9-18-10-19(11-23(25(18)38-13-16)45-32(34,35)36)28(41)39-14-31(43,20-5-6-20)24-12-22-27(44-15-30(22,2)29(37)42)26(40-24)17-3-7-21(33)8-4-17/h3-4,7-13,20,43H,5-6,14-15H2,1-2H3,(H2,37,42)(H,39,41)/t30-,31?/m0/s1. The zero-order valence-electron chi connectivity index (χ0n) is 24.2. The summed E-state index contributed by atoms with van der Waals surface area (Å²) in [5, 5.41) is 15.0. The van der Waals surface area contributed by atoms with E-state index in [1.807, 2.05) is 0 Å². The summed E-state index contributed by atoms with van der Waals surface area (Å²) in [7, 11) is 0. The minimum Gasteiger partial charge on any atom is -0.489 e. The summed E-state index contributed by atoms with van der Waals surface area (Å²) in [4.78, 5) is 34.7. The lowest BCUT2D eigenvalue weighted by Gasteiger charge is -2.30. The molecule has 1 aliphatic heterocycles. The highest BCUT2D eigenvalue weighted by atomic mass is 19.4. The maximum atomic E-state index is 13.8. The second-order valence-electron chi connectivity index (χ2n) is 11.7. The molecule has 6 rings (SSSR count). The van der Waals surface area contributed by atoms with Crippen molar-refractivity contribution >= 4 is 22.7 Å². The first-order chi connectivity index (χ1) is 21.2. The first-order valence-electron chi connectivity index (χ1n) is 14.1. The number of amides is 2. The van der Waals surface area contributed by atoms with Gasteiger partial charge in [-0.3, -0.25) is 14.6 Å². The highest BCUT2D eigenvalue weighted by molar-refractivity contribution is 6.00. The van der Waals surface area contributed by atoms with Crippen LogP contribution < -0.4 is 20.5 Å². The molecule has 45 heavy (non-hydrogen) atoms. The lowest BCUT2D eigenvalue weighted by atomic mass is 9.81. The molecule has 234 valence electrons. The number of carbonyl (C=O) groups excluding carboxylic acids is 2. The van der Waals surface area contributed by atoms with Gasteiger partial charge >= 0.3 is 6.36 Å². The van der Waals surface area contributed by atoms with E-state index in [1.54, 1.807) is 19.9 Å². The first kappa shape index (κ1) is 30.3. The molecule has 2 amide bonds. The summed E-state index contributed by atoms with van der Waals surface area (Å²) in [6.45, 7) is 2.87. The third-order valence-corrected chi connectivity index (χ3v) is 8.32. The van der Waals surface area contributed by atoms with Crippen molar-refractivity contribution < 1.29 is 41.7 Å². The van der Waals surface area contributed by atoms with Crippen LogP contribution >= 0.6 is 0 Å². The second kappa shape index (κ2) is 10.7. The van der Waals surface area contributed by atoms with Gasteiger partial charge in [0, 0.05) is 28.3 Å². The number of nitrogens with two attached hydrogens (primary N) is 1. The molecule has 9 nitrogen and oxygen atoms in total. The van der Waals surface area contributed by atoms with E-state index < -0.39 is 40.8 Å². The van der Waals surface area contributed by atoms with Crippen LogP contribution in [0.3, 0.4) is 0 Å². The predicted octanol–water partition coefficient (Wildman–Crippen LogP) is 4.81. The van der Waals surface area contributed by atoms with Crippen LogP contribution in [0.4, 0.5) is 17.6 Å². The van der Waals surface area contributed by atoms with Gasteiger partial charge in [0.2, 0.25) is 5.91 Å². The molecule has 4 N–H and O–H groups in total. The third-order valence-electron chi connectivity index (χ3n) is 8.32. The zero-order chi connectivity index (χ0) is 32.3. The summed E-state index contributed by atoms with van der Waals surface area (Å²) >= 11 is 0. The molecule has 0 bridgehead atoms. The van der Waals surface area contributed by atoms with E-state index in [-0.39, 0.29) is 52.7 Å². The largest absolute Gasteiger partial charge is 0.573 e. The Balaban J connectivity index is 1.39. The minimum atomic E-state index is -5.02. The van der Waals surface area contributed by atoms with Gasteiger partial charge < -0.3 is 25.6 Å². The number of nitrogens with zero attached hydrogens (tertiary/aromatic N) is 2. The lowest BCUT2D eigenvalue weighted by molar-refractivity contribution is -0.274. The van der Waals surface area contributed by atoms with Gasteiger partial charge in [-0.15, -0.1) is 13.2 Å². The number of rotatable bonds is 8. The average Bonchev–Trinajstić information content (AvgIpc) is 3.78. The van der Waals surface area contributed by atoms with Crippen LogP contribution in [0.25, 0.3) is 22.2 Å². The number of hydrogen-bond acceptors (Lipinski definition) is 7. The number of hydrogen-bond donors (Lipinski definition) is 3. The summed E-state index contributed by atoms with van der Waals surface area (Å²) in [6.07, 6.45) is -2.43. The molecule has 2 aromatic carbocycles. The van der Waals surface area contributed by atoms with Crippen molar-refractivity contribution in [2.24, 2.45) is 11.7 Å². The van der Waals surface area contributed by atoms with E-state index in [9.17, 15) is 32.3 Å². The number of nitrogens with one attached hydrogen (secondary N) is 1. The minimum absolute atomic E-state index is 0.0701. The van der Waals surface area contributed by atoms with E-state index in [1.165, 1.54) is 42.6 Å². The highest BCUT2D eigenvalue weighted by Crippen LogP contribution is 2.50. The zero-order valence-corrected chi connectivity index (χ0v) is 24.2. The number of pyridine rings is 2. The first-order valence-corrected chi connectivity index (χ1v) is 14.1. The quantitative estimate of drug-likeness (QED) is 0.240. The molecule has 2 aromatic heterocycles. The molecule has 13 heteroatoms. The van der Waals surface area contributed by atoms with Gasteiger partial charge in [-0.1, -0.05) is 0 Å². The number of benzene rings is 2. The van der Waals surface area contributed by atoms with Crippen molar-refractivity contribution in [2.75, 3.05) is 13.2 Å². The number of aryl methyl sites for hydroxylation is 1. The van der Waals surface area contributed by atoms with E-state index in [2.05, 4.69) is 15.0 Å². The number of aliphatic hydroxyl groups is 1. The highest BCUT2D eigenvalue weighted by Gasteiger charge is 2.50. The van der Waals surface area contributed by atoms with Crippen LogP contribution in [-0.4, -0.2) is 46.4 Å². The van der Waals surface area contributed by atoms with E-state index in [4.69, 9.17) is 15.5 Å². The molecule has 3 heterocycles. The number of ether oxygens (including phenoxy) is 2. The second-order valence-corrected chi connectivity index (χ2v) is 11.7. The van der Waals surface area contributed by atoms with Crippen LogP contribution in [-0.2, 0) is 15.8 Å². The Bertz CT molecular complexity index is 1840. The Kier molecular flexibility index (Phi) is 7.18. The molecular weight excluding hydrogens is 596 g/mol. The fraction of sp³-hybridized carbons (Fsp3) is 0.312. The summed E-state index contributed by atoms with van der Waals surface area (Å²) in [5.41, 5.74) is 4.42. The maximum Gasteiger partial charge on any atom is 0.573 e. The van der Waals surface area contributed by atoms with E-state index in [0.717, 1.165) is 6.07 Å². The van der Waals surface area contributed by atoms with Gasteiger partial charge in [0.1, 0.15) is 40.4 Å². The predicted molar refractivity (Wildman–Crippen MR) is 154 cm³/mol. The number of alkyl halides is 3. The maximum absolute atomic E-state index is 13.8. The topological polar surface area (TPSA) is 137 Å². The molecule has 1 saturated carbocycles. The molecule has 0 saturated heterocycles. The lowest BCUT2D eigenvalue weighted by Crippen LogP contribution is -2.44. The Morgan fingerprint density at radius 1 is 1.16 bits per heavy atom. The molecule has 4 aromatic rings. The van der Waals surface area contributed by atoms with Crippen molar-refractivity contribution in [2.45, 2.75) is 44.1 Å². The molecule has 0 spiro atoms. The monoisotopic (exact) mass is 624 g/mol. The van der Waals surface area contributed by atoms with Gasteiger partial charge in [-0.2, -0.15) is 0 Å². The Hall–Kier alpha value is -4.78. The number of fused-ring (bicyclic) bond motifs is 2. The molecule has 0 radical (unpaired) electrons. The summed E-state index contributed by atoms with van der Waals surface area (Å²) in [5.74, 6) is -2.61. The van der Waals surface area contributed by atoms with Crippen molar-refractivity contribution in [3.8, 4) is 22.8 Å². The normalized spacial score (nSPS) is 19.0. The van der Waals surface area contributed by atoms with Gasteiger partial charge in [0.25, 0.3) is 5.91 Å². The van der Waals surface area contributed by atoms with Gasteiger partial charge in [-0.05, 0) is 86.7 Å². The molecule has 1 aliphatic carbocycles. The smallest absolute Gasteiger partial charge is 0.489 e. The number of halogens is 4. The fourth-order valence-electron chi connectivity index (χ4n) is 5.59. The van der Waals surface area contributed by atoms with Gasteiger partial charge in [0.05, 0.1) is 12.2 Å². The summed E-state index contributed by atoms with van der Waals surface area (Å²) in [6, 6.07) is 10.9. The van der Waals surface area contributed by atoms with Gasteiger partial charge in [0.15, 0.2) is 5.75 Å². The third kappa shape index (κ3) is 5.63. The van der Waals surface area contributed by atoms with Crippen LogP contribution in [0, 0.1) is 18.7 Å². The Labute approximate surface area is 254 Å². The van der Waals surface area contributed by atoms with Crippen molar-refractivity contribution in [1.29, 1.82) is 0 Å². The van der Waals surface area contributed by atoms with Crippen LogP contribution in [0.2, 0.25) is 0 Å². The van der Waals surface area contributed by atoms with Crippen molar-refractivity contribution in [3.63, 3.8) is 0 Å². The molecule has 2 aliphatic rings. The molecule has 1 unspecified atom stereocenters. The number of carbonyl (C=O) groups is 2. The molecule has 1 fully saturated rings. The SMILES string of the molecule is Cc1cnc2c(OC(F)(F)F)cc(C(=O)NCC(O)(c3cc4c(c(-c5ccc(F)cc5)n3)OC[C@]4(C)C(N)=O)C3CC3)cc2c1. The van der Waals surface area contributed by atoms with Crippen LogP contribution in [0.5, 0.6) is 11.5 Å². The van der Waals surface area contributed by atoms with Crippen molar-refractivity contribution in [3.05, 3.63) is 82.9 Å². The molecular formula is C32H28F4N4O5. The van der Waals surface area contributed by atoms with Gasteiger partial charge in [-0.25, -0.2) is 9.37 Å². The number of primary amides is 1. The fourth-order valence-corrected chi connectivity index (χ4v) is 5.59. The Morgan fingerprint density at radius 3 is 2.51 bits per heavy atom. The van der Waals surface area contributed by atoms with Crippen LogP contribution in [0.1, 0.15) is 46.9 Å². The number of aromatic nitrogens is 2. The average molecular weight is 625 g/mol. The summed E-state index contributed by atoms with van der Waals surface area (Å²) < 4.78 is 63.4. The van der Waals surface area contributed by atoms with Crippen LogP contribution in [0.15, 0.2) is 54.7 Å². The van der Waals surface area contributed by atoms with E-state index >= 15 is 0 Å². The van der Waals surface area contributed by atoms with Crippen molar-refractivity contribution in [1.82, 2.24) is 15.3 Å².